The van der Waals surface area contributed by atoms with E-state index in [2.05, 4.69) is 5.32 Å². The average Bonchev–Trinajstić information content (AvgIpc) is 3.43. The summed E-state index contributed by atoms with van der Waals surface area (Å²) in [6, 6.07) is 27.0. The van der Waals surface area contributed by atoms with Crippen LogP contribution in [0.4, 0.5) is 4.79 Å². The number of ketones is 1. The van der Waals surface area contributed by atoms with E-state index in [1.54, 1.807) is 20.8 Å². The highest BCUT2D eigenvalue weighted by atomic mass is 16.6. The van der Waals surface area contributed by atoms with Gasteiger partial charge in [0.05, 0.1) is 18.2 Å². The second-order valence-corrected chi connectivity index (χ2v) is 13.2. The number of carbonyl (C=O) groups excluding carboxylic acids is 2. The molecule has 6 nitrogen and oxygen atoms in total. The van der Waals surface area contributed by atoms with Gasteiger partial charge in [-0.05, 0) is 81.5 Å². The van der Waals surface area contributed by atoms with E-state index in [-0.39, 0.29) is 24.0 Å². The van der Waals surface area contributed by atoms with Crippen molar-refractivity contribution in [3.05, 3.63) is 107 Å². The average molecular weight is 570 g/mol. The molecule has 3 aromatic rings. The Kier molecular flexibility index (Phi) is 8.86. The van der Waals surface area contributed by atoms with Crippen molar-refractivity contribution in [2.24, 2.45) is 11.3 Å². The number of amides is 1. The lowest BCUT2D eigenvalue weighted by molar-refractivity contribution is -0.132. The summed E-state index contributed by atoms with van der Waals surface area (Å²) in [5, 5.41) is 25.9. The Morgan fingerprint density at radius 2 is 1.60 bits per heavy atom. The number of Topliss-reactive ketones (excluding diaryl/α,β-unsaturated/α-hetero) is 1. The van der Waals surface area contributed by atoms with Gasteiger partial charge in [-0.2, -0.15) is 0 Å². The highest BCUT2D eigenvalue weighted by Crippen LogP contribution is 2.52. The molecule has 222 valence electrons. The Labute approximate surface area is 249 Å². The maximum Gasteiger partial charge on any atom is 0.407 e. The second kappa shape index (κ2) is 12.4. The molecular formula is C36H43NO5. The summed E-state index contributed by atoms with van der Waals surface area (Å²) in [6.07, 6.45) is 0.714. The Bertz CT molecular complexity index is 1370. The van der Waals surface area contributed by atoms with Crippen molar-refractivity contribution in [2.75, 3.05) is 0 Å². The number of nitrogens with one attached hydrogen (secondary N) is 1. The summed E-state index contributed by atoms with van der Waals surface area (Å²) in [5.41, 5.74) is 2.66. The number of alkyl carbamates (subject to hydrolysis) is 1. The van der Waals surface area contributed by atoms with E-state index in [4.69, 9.17) is 4.74 Å². The molecule has 1 saturated carbocycles. The molecule has 3 N–H and O–H groups in total. The monoisotopic (exact) mass is 569 g/mol. The van der Waals surface area contributed by atoms with E-state index in [0.29, 0.717) is 32.1 Å². The molecule has 0 aromatic heterocycles. The van der Waals surface area contributed by atoms with E-state index in [1.165, 1.54) is 0 Å². The van der Waals surface area contributed by atoms with Crippen LogP contribution in [-0.2, 0) is 28.8 Å². The fraction of sp³-hybridized carbons (Fsp3) is 0.444. The minimum Gasteiger partial charge on any atom is -0.444 e. The largest absolute Gasteiger partial charge is 0.444 e. The van der Waals surface area contributed by atoms with Crippen LogP contribution in [0.5, 0.6) is 0 Å². The zero-order chi connectivity index (χ0) is 29.9. The molecule has 0 heterocycles. The van der Waals surface area contributed by atoms with Crippen molar-refractivity contribution >= 4 is 11.9 Å². The lowest BCUT2D eigenvalue weighted by Gasteiger charge is -2.35. The number of benzene rings is 3. The summed E-state index contributed by atoms with van der Waals surface area (Å²) in [5.74, 6) is -0.476. The molecule has 6 atom stereocenters. The molecule has 0 bridgehead atoms. The van der Waals surface area contributed by atoms with Crippen LogP contribution in [0.1, 0.15) is 68.2 Å². The number of aliphatic hydroxyl groups is 2. The van der Waals surface area contributed by atoms with Crippen molar-refractivity contribution in [2.45, 2.75) is 89.1 Å². The van der Waals surface area contributed by atoms with Crippen LogP contribution in [-0.4, -0.2) is 45.9 Å². The van der Waals surface area contributed by atoms with Gasteiger partial charge in [0.15, 0.2) is 0 Å². The quantitative estimate of drug-likeness (QED) is 0.304. The van der Waals surface area contributed by atoms with Crippen LogP contribution in [0.15, 0.2) is 84.9 Å². The van der Waals surface area contributed by atoms with Gasteiger partial charge in [-0.25, -0.2) is 4.79 Å². The Balaban J connectivity index is 1.44. The first kappa shape index (κ1) is 30.0. The lowest BCUT2D eigenvalue weighted by atomic mass is 9.71. The molecule has 42 heavy (non-hydrogen) atoms. The van der Waals surface area contributed by atoms with Crippen molar-refractivity contribution < 1.29 is 24.5 Å². The summed E-state index contributed by atoms with van der Waals surface area (Å²) >= 11 is 0. The zero-order valence-corrected chi connectivity index (χ0v) is 24.8. The second-order valence-electron chi connectivity index (χ2n) is 13.2. The number of carbonyl (C=O) groups is 2. The maximum absolute atomic E-state index is 14.6. The molecule has 5 rings (SSSR count). The summed E-state index contributed by atoms with van der Waals surface area (Å²) in [7, 11) is 0. The molecule has 0 saturated heterocycles. The van der Waals surface area contributed by atoms with E-state index >= 15 is 0 Å². The number of hydrogen-bond donors (Lipinski definition) is 3. The Hall–Kier alpha value is -3.48. The van der Waals surface area contributed by atoms with Gasteiger partial charge < -0.3 is 20.3 Å². The molecule has 1 amide bonds. The fourth-order valence-corrected chi connectivity index (χ4v) is 7.10. The SMILES string of the molecule is CC(C)(C)OC(=O)N[C@@H](Cc1ccccc1)[C@@H](O)C[C@@]1(Cc2ccccc2)CC[C@@H](C2c3ccccc3C[C@H]2O)C1=O. The highest BCUT2D eigenvalue weighted by Gasteiger charge is 2.53. The molecule has 0 radical (unpaired) electrons. The van der Waals surface area contributed by atoms with Crippen LogP contribution in [0, 0.1) is 11.3 Å². The number of aliphatic hydroxyl groups excluding tert-OH is 2. The first-order valence-electron chi connectivity index (χ1n) is 15.1. The van der Waals surface area contributed by atoms with Crippen LogP contribution in [0.3, 0.4) is 0 Å². The number of hydrogen-bond acceptors (Lipinski definition) is 5. The van der Waals surface area contributed by atoms with Gasteiger partial charge in [0.1, 0.15) is 11.4 Å². The molecule has 3 aromatic carbocycles. The molecular weight excluding hydrogens is 526 g/mol. The van der Waals surface area contributed by atoms with Crippen LogP contribution < -0.4 is 5.32 Å². The lowest BCUT2D eigenvalue weighted by Crippen LogP contribution is -2.49. The first-order valence-corrected chi connectivity index (χ1v) is 15.1. The third-order valence-electron chi connectivity index (χ3n) is 8.93. The zero-order valence-electron chi connectivity index (χ0n) is 24.8. The molecule has 6 heteroatoms. The van der Waals surface area contributed by atoms with Gasteiger partial charge in [0.2, 0.25) is 0 Å². The molecule has 2 aliphatic carbocycles. The van der Waals surface area contributed by atoms with Crippen LogP contribution in [0.25, 0.3) is 0 Å². The van der Waals surface area contributed by atoms with Gasteiger partial charge >= 0.3 is 6.09 Å². The third-order valence-corrected chi connectivity index (χ3v) is 8.93. The molecule has 0 spiro atoms. The van der Waals surface area contributed by atoms with Crippen molar-refractivity contribution in [3.63, 3.8) is 0 Å². The standard InChI is InChI=1S/C36H43NO5/c1-35(2,3)42-34(41)37-29(20-24-12-6-4-7-13-24)31(39)23-36(22-25-14-8-5-9-15-25)19-18-28(33(36)40)32-27-17-11-10-16-26(27)21-30(32)38/h4-17,28-32,38-39H,18-23H2,1-3H3,(H,37,41)/t28-,29-,30+,31-,32?,36-/m0/s1. The van der Waals surface area contributed by atoms with Crippen molar-refractivity contribution in [1.29, 1.82) is 0 Å². The highest BCUT2D eigenvalue weighted by molar-refractivity contribution is 5.90. The van der Waals surface area contributed by atoms with Crippen LogP contribution >= 0.6 is 0 Å². The molecule has 0 aliphatic heterocycles. The summed E-state index contributed by atoms with van der Waals surface area (Å²) < 4.78 is 5.54. The van der Waals surface area contributed by atoms with Gasteiger partial charge in [-0.1, -0.05) is 84.9 Å². The Morgan fingerprint density at radius 3 is 2.26 bits per heavy atom. The molecule has 2 aliphatic rings. The van der Waals surface area contributed by atoms with Crippen LogP contribution in [0.2, 0.25) is 0 Å². The van der Waals surface area contributed by atoms with E-state index in [0.717, 1.165) is 22.3 Å². The fourth-order valence-electron chi connectivity index (χ4n) is 7.10. The first-order chi connectivity index (χ1) is 20.0. The van der Waals surface area contributed by atoms with E-state index in [9.17, 15) is 19.8 Å². The number of ether oxygens (including phenoxy) is 1. The van der Waals surface area contributed by atoms with Crippen molar-refractivity contribution in [1.82, 2.24) is 5.32 Å². The van der Waals surface area contributed by atoms with Crippen molar-refractivity contribution in [3.8, 4) is 0 Å². The van der Waals surface area contributed by atoms with Gasteiger partial charge in [0, 0.05) is 17.3 Å². The van der Waals surface area contributed by atoms with Gasteiger partial charge in [-0.15, -0.1) is 0 Å². The minimum atomic E-state index is -0.995. The van der Waals surface area contributed by atoms with E-state index in [1.807, 2.05) is 84.9 Å². The minimum absolute atomic E-state index is 0.0990. The predicted octanol–water partition coefficient (Wildman–Crippen LogP) is 5.78. The smallest absolute Gasteiger partial charge is 0.407 e. The number of rotatable bonds is 9. The summed E-state index contributed by atoms with van der Waals surface area (Å²) in [4.78, 5) is 27.4. The van der Waals surface area contributed by atoms with Gasteiger partial charge in [-0.3, -0.25) is 4.79 Å². The third kappa shape index (κ3) is 6.77. The summed E-state index contributed by atoms with van der Waals surface area (Å²) in [6.45, 7) is 5.41. The maximum atomic E-state index is 14.6. The topological polar surface area (TPSA) is 95.9 Å². The van der Waals surface area contributed by atoms with Gasteiger partial charge in [0.25, 0.3) is 0 Å². The normalized spacial score (nSPS) is 25.1. The Morgan fingerprint density at radius 1 is 0.976 bits per heavy atom. The number of fused-ring (bicyclic) bond motifs is 1. The molecule has 1 fully saturated rings. The van der Waals surface area contributed by atoms with E-state index < -0.39 is 35.4 Å². The predicted molar refractivity (Wildman–Crippen MR) is 163 cm³/mol. The molecule has 1 unspecified atom stereocenters.